The molecular weight excluding hydrogens is 256 g/mol. The number of sulfone groups is 1. The first-order valence-corrected chi connectivity index (χ1v) is 7.53. The third-order valence-corrected chi connectivity index (χ3v) is 3.71. The minimum atomic E-state index is -3.47. The molecule has 1 aromatic rings. The molecule has 0 saturated heterocycles. The summed E-state index contributed by atoms with van der Waals surface area (Å²) in [6.07, 6.45) is 0.444. The van der Waals surface area contributed by atoms with Crippen LogP contribution in [0.15, 0.2) is 4.90 Å². The van der Waals surface area contributed by atoms with Crippen molar-refractivity contribution in [1.82, 2.24) is 9.78 Å². The predicted molar refractivity (Wildman–Crippen MR) is 70.4 cm³/mol. The molecular formula is C10H20N4O3S. The normalized spacial score (nSPS) is 13.6. The van der Waals surface area contributed by atoms with E-state index in [-0.39, 0.29) is 17.3 Å². The van der Waals surface area contributed by atoms with Crippen molar-refractivity contribution in [2.24, 2.45) is 0 Å². The van der Waals surface area contributed by atoms with E-state index in [4.69, 9.17) is 5.73 Å². The van der Waals surface area contributed by atoms with Gasteiger partial charge in [0.1, 0.15) is 5.82 Å². The van der Waals surface area contributed by atoms with Gasteiger partial charge in [-0.15, -0.1) is 0 Å². The lowest BCUT2D eigenvalue weighted by atomic mass is 10.4. The molecule has 0 aliphatic carbocycles. The van der Waals surface area contributed by atoms with E-state index in [0.717, 1.165) is 6.26 Å². The Kier molecular flexibility index (Phi) is 4.23. The van der Waals surface area contributed by atoms with Crippen molar-refractivity contribution in [2.75, 3.05) is 30.5 Å². The van der Waals surface area contributed by atoms with Crippen molar-refractivity contribution in [3.8, 4) is 0 Å². The molecule has 3 N–H and O–H groups in total. The van der Waals surface area contributed by atoms with Crippen LogP contribution in [0.25, 0.3) is 0 Å². The third-order valence-electron chi connectivity index (χ3n) is 2.57. The summed E-state index contributed by atoms with van der Waals surface area (Å²) in [6, 6.07) is 0. The van der Waals surface area contributed by atoms with Crippen LogP contribution < -0.4 is 10.6 Å². The second-order valence-electron chi connectivity index (χ2n) is 4.36. The highest BCUT2D eigenvalue weighted by atomic mass is 32.2. The van der Waals surface area contributed by atoms with E-state index in [1.807, 2.05) is 6.92 Å². The van der Waals surface area contributed by atoms with Gasteiger partial charge >= 0.3 is 0 Å². The Labute approximate surface area is 107 Å². The molecule has 0 spiro atoms. The number of hydrogen-bond acceptors (Lipinski definition) is 6. The molecule has 1 rings (SSSR count). The van der Waals surface area contributed by atoms with Crippen molar-refractivity contribution in [3.05, 3.63) is 0 Å². The number of nitrogens with zero attached hydrogens (tertiary/aromatic N) is 3. The Morgan fingerprint density at radius 3 is 2.50 bits per heavy atom. The third kappa shape index (κ3) is 2.94. The summed E-state index contributed by atoms with van der Waals surface area (Å²) in [6.45, 7) is 4.24. The summed E-state index contributed by atoms with van der Waals surface area (Å²) in [5.41, 5.74) is 5.81. The lowest BCUT2D eigenvalue weighted by molar-refractivity contribution is 0.169. The molecule has 0 radical (unpaired) electrons. The maximum Gasteiger partial charge on any atom is 0.182 e. The van der Waals surface area contributed by atoms with Crippen LogP contribution in [-0.4, -0.2) is 49.3 Å². The van der Waals surface area contributed by atoms with Crippen LogP contribution in [0.3, 0.4) is 0 Å². The smallest absolute Gasteiger partial charge is 0.182 e. The van der Waals surface area contributed by atoms with Crippen LogP contribution in [0.5, 0.6) is 0 Å². The van der Waals surface area contributed by atoms with Gasteiger partial charge in [-0.2, -0.15) is 5.10 Å². The lowest BCUT2D eigenvalue weighted by Crippen LogP contribution is -2.19. The van der Waals surface area contributed by atoms with Gasteiger partial charge in [0.15, 0.2) is 20.6 Å². The van der Waals surface area contributed by atoms with Gasteiger partial charge in [0, 0.05) is 19.8 Å². The van der Waals surface area contributed by atoms with Crippen molar-refractivity contribution < 1.29 is 13.5 Å². The highest BCUT2D eigenvalue weighted by molar-refractivity contribution is 7.91. The van der Waals surface area contributed by atoms with Crippen molar-refractivity contribution in [2.45, 2.75) is 31.4 Å². The molecule has 0 aromatic carbocycles. The molecule has 0 fully saturated rings. The predicted octanol–water partition coefficient (Wildman–Crippen LogP) is -0.294. The molecule has 0 bridgehead atoms. The molecule has 0 saturated carbocycles. The van der Waals surface area contributed by atoms with Gasteiger partial charge in [0.2, 0.25) is 0 Å². The van der Waals surface area contributed by atoms with Gasteiger partial charge < -0.3 is 15.7 Å². The second kappa shape index (κ2) is 5.15. The molecule has 18 heavy (non-hydrogen) atoms. The van der Waals surface area contributed by atoms with Crippen molar-refractivity contribution >= 4 is 21.5 Å². The maximum absolute atomic E-state index is 11.8. The number of nitrogen functional groups attached to an aromatic ring is 1. The first-order chi connectivity index (χ1) is 8.18. The van der Waals surface area contributed by atoms with Crippen LogP contribution in [0.1, 0.15) is 13.8 Å². The first-order valence-electron chi connectivity index (χ1n) is 5.64. The fourth-order valence-electron chi connectivity index (χ4n) is 1.59. The van der Waals surface area contributed by atoms with E-state index >= 15 is 0 Å². The zero-order valence-corrected chi connectivity index (χ0v) is 11.9. The molecule has 0 aliphatic heterocycles. The van der Waals surface area contributed by atoms with Crippen molar-refractivity contribution in [1.29, 1.82) is 0 Å². The van der Waals surface area contributed by atoms with Crippen molar-refractivity contribution in [3.63, 3.8) is 0 Å². The summed E-state index contributed by atoms with van der Waals surface area (Å²) < 4.78 is 24.9. The number of nitrogens with two attached hydrogens (primary N) is 1. The molecule has 1 aromatic heterocycles. The van der Waals surface area contributed by atoms with Crippen LogP contribution in [0, 0.1) is 0 Å². The van der Waals surface area contributed by atoms with Crippen LogP contribution in [-0.2, 0) is 16.4 Å². The minimum Gasteiger partial charge on any atom is -0.391 e. The van der Waals surface area contributed by atoms with E-state index in [1.165, 1.54) is 4.68 Å². The lowest BCUT2D eigenvalue weighted by Gasteiger charge is -2.14. The monoisotopic (exact) mass is 276 g/mol. The summed E-state index contributed by atoms with van der Waals surface area (Å²) in [4.78, 5) is 1.72. The number of rotatable bonds is 5. The van der Waals surface area contributed by atoms with Gasteiger partial charge in [-0.3, -0.25) is 0 Å². The van der Waals surface area contributed by atoms with Gasteiger partial charge in [-0.25, -0.2) is 13.1 Å². The minimum absolute atomic E-state index is 0.0208. The van der Waals surface area contributed by atoms with E-state index < -0.39 is 15.9 Å². The van der Waals surface area contributed by atoms with Crippen LogP contribution in [0.4, 0.5) is 11.6 Å². The summed E-state index contributed by atoms with van der Waals surface area (Å²) in [5.74, 6) is 0.381. The fraction of sp³-hybridized carbons (Fsp3) is 0.700. The SMILES string of the molecule is CCN(C)c1nn(CC(C)O)c(N)c1S(C)(=O)=O. The second-order valence-corrected chi connectivity index (χ2v) is 6.31. The van der Waals surface area contributed by atoms with Gasteiger partial charge in [-0.05, 0) is 13.8 Å². The zero-order valence-electron chi connectivity index (χ0n) is 11.1. The van der Waals surface area contributed by atoms with Crippen LogP contribution in [0.2, 0.25) is 0 Å². The molecule has 1 heterocycles. The molecule has 1 unspecified atom stereocenters. The van der Waals surface area contributed by atoms with E-state index in [1.54, 1.807) is 18.9 Å². The largest absolute Gasteiger partial charge is 0.391 e. The Bertz CT molecular complexity index is 521. The summed E-state index contributed by atoms with van der Waals surface area (Å²) in [7, 11) is -1.73. The zero-order chi connectivity index (χ0) is 14.1. The number of hydrogen-bond donors (Lipinski definition) is 2. The average molecular weight is 276 g/mol. The van der Waals surface area contributed by atoms with Gasteiger partial charge in [0.25, 0.3) is 0 Å². The molecule has 104 valence electrons. The summed E-state index contributed by atoms with van der Waals surface area (Å²) in [5, 5.41) is 13.5. The average Bonchev–Trinajstić information content (AvgIpc) is 2.53. The number of aliphatic hydroxyl groups is 1. The molecule has 0 amide bonds. The maximum atomic E-state index is 11.8. The van der Waals surface area contributed by atoms with E-state index in [9.17, 15) is 13.5 Å². The Morgan fingerprint density at radius 2 is 2.11 bits per heavy atom. The van der Waals surface area contributed by atoms with Crippen LogP contribution >= 0.6 is 0 Å². The highest BCUT2D eigenvalue weighted by Crippen LogP contribution is 2.29. The van der Waals surface area contributed by atoms with Gasteiger partial charge in [0.05, 0.1) is 12.6 Å². The molecule has 1 atom stereocenters. The number of aliphatic hydroxyl groups excluding tert-OH is 1. The summed E-state index contributed by atoms with van der Waals surface area (Å²) >= 11 is 0. The number of anilines is 2. The standard InChI is InChI=1S/C10H20N4O3S/c1-5-13(3)10-8(18(4,16)17)9(11)14(12-10)6-7(2)15/h7,15H,5-6,11H2,1-4H3. The fourth-order valence-corrected chi connectivity index (χ4v) is 2.60. The van der Waals surface area contributed by atoms with E-state index in [0.29, 0.717) is 12.4 Å². The Hall–Kier alpha value is -1.28. The Morgan fingerprint density at radius 1 is 1.56 bits per heavy atom. The number of aromatic nitrogens is 2. The molecule has 8 heteroatoms. The highest BCUT2D eigenvalue weighted by Gasteiger charge is 2.26. The first kappa shape index (κ1) is 14.8. The Balaban J connectivity index is 3.41. The quantitative estimate of drug-likeness (QED) is 0.766. The molecule has 0 aliphatic rings. The van der Waals surface area contributed by atoms with Gasteiger partial charge in [-0.1, -0.05) is 0 Å². The topological polar surface area (TPSA) is 101 Å². The van der Waals surface area contributed by atoms with E-state index in [2.05, 4.69) is 5.10 Å². The molecule has 7 nitrogen and oxygen atoms in total.